The van der Waals surface area contributed by atoms with Crippen molar-refractivity contribution in [2.45, 2.75) is 16.5 Å². The lowest BCUT2D eigenvalue weighted by Crippen LogP contribution is -2.38. The number of sulfonamides is 1. The Hall–Kier alpha value is -2.37. The highest BCUT2D eigenvalue weighted by Crippen LogP contribution is 2.19. The van der Waals surface area contributed by atoms with Crippen molar-refractivity contribution in [2.75, 3.05) is 33.4 Å². The number of carbonyl (C=O) groups excluding carboxylic acids is 2. The molecule has 2 amide bonds. The van der Waals surface area contributed by atoms with Crippen LogP contribution in [-0.4, -0.2) is 67.9 Å². The Morgan fingerprint density at radius 2 is 1.96 bits per heavy atom. The molecule has 0 atom stereocenters. The molecule has 2 aromatic rings. The molecule has 0 fully saturated rings. The van der Waals surface area contributed by atoms with Gasteiger partial charge in [0.05, 0.1) is 30.1 Å². The standard InChI is InChI=1S/C17H22N4O5S2/c1-20(2)28(24,25)14-6-7-16(19-10-14)27-12-17(23)21(3)11-15(22)18-9-13-5-4-8-26-13/h4-8,10H,9,11-12H2,1-3H3,(H,18,22). The van der Waals surface area contributed by atoms with Crippen molar-refractivity contribution < 1.29 is 22.4 Å². The Bertz CT molecular complexity index is 896. The predicted octanol–water partition coefficient (Wildman–Crippen LogP) is 0.792. The molecule has 2 aromatic heterocycles. The van der Waals surface area contributed by atoms with E-state index in [9.17, 15) is 18.0 Å². The average Bonchev–Trinajstić information content (AvgIpc) is 3.18. The molecule has 0 bridgehead atoms. The number of thioether (sulfide) groups is 1. The molecule has 0 saturated carbocycles. The molecule has 0 aromatic carbocycles. The molecule has 0 unspecified atom stereocenters. The van der Waals surface area contributed by atoms with Gasteiger partial charge < -0.3 is 14.6 Å². The van der Waals surface area contributed by atoms with E-state index in [0.717, 1.165) is 4.31 Å². The smallest absolute Gasteiger partial charge is 0.244 e. The summed E-state index contributed by atoms with van der Waals surface area (Å²) < 4.78 is 30.2. The van der Waals surface area contributed by atoms with E-state index in [1.54, 1.807) is 18.2 Å². The Kier molecular flexibility index (Phi) is 7.61. The van der Waals surface area contributed by atoms with Crippen molar-refractivity contribution in [2.24, 2.45) is 0 Å². The van der Waals surface area contributed by atoms with Crippen LogP contribution in [0.3, 0.4) is 0 Å². The number of furan rings is 1. The second-order valence-electron chi connectivity index (χ2n) is 6.01. The highest BCUT2D eigenvalue weighted by atomic mass is 32.2. The number of hydrogen-bond acceptors (Lipinski definition) is 7. The van der Waals surface area contributed by atoms with Crippen LogP contribution in [-0.2, 0) is 26.2 Å². The summed E-state index contributed by atoms with van der Waals surface area (Å²) in [5, 5.41) is 3.18. The minimum Gasteiger partial charge on any atom is -0.467 e. The highest BCUT2D eigenvalue weighted by Gasteiger charge is 2.18. The second kappa shape index (κ2) is 9.71. The molecule has 0 spiro atoms. The first kappa shape index (κ1) is 21.9. The van der Waals surface area contributed by atoms with Crippen LogP contribution in [0.1, 0.15) is 5.76 Å². The number of rotatable bonds is 9. The highest BCUT2D eigenvalue weighted by molar-refractivity contribution is 7.99. The van der Waals surface area contributed by atoms with Gasteiger partial charge in [0.2, 0.25) is 21.8 Å². The third kappa shape index (κ3) is 6.08. The Labute approximate surface area is 168 Å². The summed E-state index contributed by atoms with van der Waals surface area (Å²) in [6.45, 7) is 0.183. The number of pyridine rings is 1. The Morgan fingerprint density at radius 1 is 1.21 bits per heavy atom. The van der Waals surface area contributed by atoms with Crippen molar-refractivity contribution >= 4 is 33.6 Å². The molecule has 0 aliphatic carbocycles. The summed E-state index contributed by atoms with van der Waals surface area (Å²) in [5.41, 5.74) is 0. The van der Waals surface area contributed by atoms with Crippen LogP contribution in [0.2, 0.25) is 0 Å². The summed E-state index contributed by atoms with van der Waals surface area (Å²) in [6.07, 6.45) is 2.78. The summed E-state index contributed by atoms with van der Waals surface area (Å²) in [7, 11) is 0.882. The first-order chi connectivity index (χ1) is 13.2. The number of amides is 2. The first-order valence-electron chi connectivity index (χ1n) is 8.24. The number of nitrogens with zero attached hydrogens (tertiary/aromatic N) is 3. The van der Waals surface area contributed by atoms with Crippen molar-refractivity contribution in [3.63, 3.8) is 0 Å². The van der Waals surface area contributed by atoms with Gasteiger partial charge in [-0.1, -0.05) is 11.8 Å². The van der Waals surface area contributed by atoms with E-state index < -0.39 is 10.0 Å². The minimum absolute atomic E-state index is 0.0758. The van der Waals surface area contributed by atoms with E-state index in [2.05, 4.69) is 10.3 Å². The Morgan fingerprint density at radius 3 is 2.54 bits per heavy atom. The van der Waals surface area contributed by atoms with E-state index in [1.807, 2.05) is 0 Å². The summed E-state index contributed by atoms with van der Waals surface area (Å²) >= 11 is 1.17. The van der Waals surface area contributed by atoms with Gasteiger partial charge in [-0.2, -0.15) is 0 Å². The van der Waals surface area contributed by atoms with Crippen LogP contribution in [0.25, 0.3) is 0 Å². The molecule has 2 heterocycles. The molecule has 0 aliphatic heterocycles. The molecule has 152 valence electrons. The largest absolute Gasteiger partial charge is 0.467 e. The monoisotopic (exact) mass is 426 g/mol. The quantitative estimate of drug-likeness (QED) is 0.590. The van der Waals surface area contributed by atoms with Crippen LogP contribution >= 0.6 is 11.8 Å². The molecule has 2 rings (SSSR count). The second-order valence-corrected chi connectivity index (χ2v) is 9.16. The molecule has 28 heavy (non-hydrogen) atoms. The lowest BCUT2D eigenvalue weighted by molar-refractivity contribution is -0.132. The minimum atomic E-state index is -3.54. The maximum atomic E-state index is 12.2. The number of aromatic nitrogens is 1. The van der Waals surface area contributed by atoms with Gasteiger partial charge in [0, 0.05) is 27.3 Å². The van der Waals surface area contributed by atoms with Gasteiger partial charge in [0.15, 0.2) is 0 Å². The van der Waals surface area contributed by atoms with E-state index in [4.69, 9.17) is 4.42 Å². The average molecular weight is 427 g/mol. The van der Waals surface area contributed by atoms with Crippen LogP contribution in [0, 0.1) is 0 Å². The molecular weight excluding hydrogens is 404 g/mol. The summed E-state index contributed by atoms with van der Waals surface area (Å²) in [4.78, 5) is 29.5. The topological polar surface area (TPSA) is 113 Å². The number of carbonyl (C=O) groups is 2. The number of likely N-dealkylation sites (N-methyl/N-ethyl adjacent to an activating group) is 1. The van der Waals surface area contributed by atoms with Crippen molar-refractivity contribution in [1.82, 2.24) is 19.5 Å². The Balaban J connectivity index is 1.80. The summed E-state index contributed by atoms with van der Waals surface area (Å²) in [6, 6.07) is 6.46. The first-order valence-corrected chi connectivity index (χ1v) is 10.7. The maximum absolute atomic E-state index is 12.2. The maximum Gasteiger partial charge on any atom is 0.244 e. The van der Waals surface area contributed by atoms with Crippen LogP contribution in [0.4, 0.5) is 0 Å². The van der Waals surface area contributed by atoms with E-state index in [-0.39, 0.29) is 35.6 Å². The SMILES string of the molecule is CN(CC(=O)NCc1ccco1)C(=O)CSc1ccc(S(=O)(=O)N(C)C)cn1. The van der Waals surface area contributed by atoms with E-state index >= 15 is 0 Å². The van der Waals surface area contributed by atoms with E-state index in [1.165, 1.54) is 56.3 Å². The normalized spacial score (nSPS) is 11.4. The predicted molar refractivity (Wildman–Crippen MR) is 104 cm³/mol. The van der Waals surface area contributed by atoms with E-state index in [0.29, 0.717) is 10.8 Å². The van der Waals surface area contributed by atoms with Gasteiger partial charge in [0.1, 0.15) is 10.7 Å². The fraction of sp³-hybridized carbons (Fsp3) is 0.353. The zero-order valence-electron chi connectivity index (χ0n) is 15.8. The lowest BCUT2D eigenvalue weighted by atomic mass is 10.4. The van der Waals surface area contributed by atoms with Crippen molar-refractivity contribution in [3.05, 3.63) is 42.5 Å². The van der Waals surface area contributed by atoms with Crippen LogP contribution in [0.15, 0.2) is 51.1 Å². The zero-order valence-corrected chi connectivity index (χ0v) is 17.4. The number of hydrogen-bond donors (Lipinski definition) is 1. The fourth-order valence-corrected chi connectivity index (χ4v) is 3.65. The molecule has 1 N–H and O–H groups in total. The summed E-state index contributed by atoms with van der Waals surface area (Å²) in [5.74, 6) is 0.164. The molecule has 0 radical (unpaired) electrons. The molecule has 0 saturated heterocycles. The van der Waals surface area contributed by atoms with Crippen LogP contribution in [0.5, 0.6) is 0 Å². The van der Waals surface area contributed by atoms with Crippen molar-refractivity contribution in [3.8, 4) is 0 Å². The number of nitrogens with one attached hydrogen (secondary N) is 1. The van der Waals surface area contributed by atoms with Gasteiger partial charge in [-0.3, -0.25) is 9.59 Å². The van der Waals surface area contributed by atoms with Crippen molar-refractivity contribution in [1.29, 1.82) is 0 Å². The third-order valence-electron chi connectivity index (χ3n) is 3.68. The van der Waals surface area contributed by atoms with Gasteiger partial charge in [-0.15, -0.1) is 0 Å². The van der Waals surface area contributed by atoms with Gasteiger partial charge in [-0.05, 0) is 24.3 Å². The molecule has 11 heteroatoms. The molecule has 0 aliphatic rings. The lowest BCUT2D eigenvalue weighted by Gasteiger charge is -2.16. The van der Waals surface area contributed by atoms with Gasteiger partial charge in [-0.25, -0.2) is 17.7 Å². The fourth-order valence-electron chi connectivity index (χ4n) is 2.02. The van der Waals surface area contributed by atoms with Crippen LogP contribution < -0.4 is 5.32 Å². The molecular formula is C17H22N4O5S2. The van der Waals surface area contributed by atoms with Gasteiger partial charge in [0.25, 0.3) is 0 Å². The third-order valence-corrected chi connectivity index (χ3v) is 6.40. The molecule has 9 nitrogen and oxygen atoms in total. The van der Waals surface area contributed by atoms with Gasteiger partial charge >= 0.3 is 0 Å². The zero-order chi connectivity index (χ0) is 20.7.